The average Bonchev–Trinajstić information content (AvgIpc) is 2.86. The van der Waals surface area contributed by atoms with Crippen molar-refractivity contribution in [3.8, 4) is 0 Å². The number of piperidine rings is 1. The Morgan fingerprint density at radius 2 is 1.83 bits per heavy atom. The summed E-state index contributed by atoms with van der Waals surface area (Å²) in [6.45, 7) is 5.04. The largest absolute Gasteiger partial charge is 0.303 e. The molecule has 2 bridgehead atoms. The van der Waals surface area contributed by atoms with E-state index in [0.29, 0.717) is 17.5 Å². The van der Waals surface area contributed by atoms with E-state index in [1.165, 1.54) is 19.4 Å². The Hall–Kier alpha value is -0.130. The van der Waals surface area contributed by atoms with Crippen LogP contribution in [0.2, 0.25) is 0 Å². The van der Waals surface area contributed by atoms with Crippen molar-refractivity contribution in [1.82, 2.24) is 9.80 Å². The molecule has 4 nitrogen and oxygen atoms in total. The lowest BCUT2D eigenvalue weighted by Crippen LogP contribution is -2.50. The van der Waals surface area contributed by atoms with E-state index >= 15 is 0 Å². The van der Waals surface area contributed by atoms with Gasteiger partial charge >= 0.3 is 0 Å². The molecule has 5 heteroatoms. The van der Waals surface area contributed by atoms with E-state index in [1.54, 1.807) is 0 Å². The lowest BCUT2D eigenvalue weighted by molar-refractivity contribution is 0.105. The summed E-state index contributed by atoms with van der Waals surface area (Å²) in [6, 6.07) is 1.35. The third kappa shape index (κ3) is 2.21. The normalized spacial score (nSPS) is 42.2. The van der Waals surface area contributed by atoms with Crippen molar-refractivity contribution in [1.29, 1.82) is 0 Å². The summed E-state index contributed by atoms with van der Waals surface area (Å²) in [5, 5.41) is 0. The van der Waals surface area contributed by atoms with Crippen molar-refractivity contribution in [3.63, 3.8) is 0 Å². The minimum Gasteiger partial charge on any atom is -0.303 e. The maximum absolute atomic E-state index is 11.5. The molecular weight excluding hydrogens is 248 g/mol. The number of rotatable bonds is 2. The van der Waals surface area contributed by atoms with Gasteiger partial charge in [0.05, 0.1) is 11.5 Å². The number of hydrogen-bond donors (Lipinski definition) is 0. The molecule has 0 N–H and O–H groups in total. The molecule has 3 rings (SSSR count). The molecule has 2 aliphatic heterocycles. The fourth-order valence-electron chi connectivity index (χ4n) is 4.21. The lowest BCUT2D eigenvalue weighted by atomic mass is 9.87. The number of fused-ring (bicyclic) bond motifs is 2. The highest BCUT2D eigenvalue weighted by atomic mass is 32.2. The van der Waals surface area contributed by atoms with Gasteiger partial charge in [-0.05, 0) is 38.6 Å². The quantitative estimate of drug-likeness (QED) is 0.732. The second kappa shape index (κ2) is 4.46. The van der Waals surface area contributed by atoms with Crippen LogP contribution in [0.5, 0.6) is 0 Å². The van der Waals surface area contributed by atoms with Gasteiger partial charge in [0.25, 0.3) is 0 Å². The molecule has 18 heavy (non-hydrogen) atoms. The van der Waals surface area contributed by atoms with E-state index in [2.05, 4.69) is 23.8 Å². The first-order valence-electron chi connectivity index (χ1n) is 7.11. The summed E-state index contributed by atoms with van der Waals surface area (Å²) in [6.07, 6.45) is 2.67. The molecule has 0 aromatic rings. The predicted molar refractivity (Wildman–Crippen MR) is 72.3 cm³/mol. The zero-order valence-electron chi connectivity index (χ0n) is 11.4. The fraction of sp³-hybridized carbons (Fsp3) is 1.00. The van der Waals surface area contributed by atoms with Gasteiger partial charge in [-0.1, -0.05) is 0 Å². The zero-order valence-corrected chi connectivity index (χ0v) is 12.2. The SMILES string of the molecule is C[C@H](C1CC2CC1CN2C)N1CCS(=O)(=O)CC1. The van der Waals surface area contributed by atoms with Crippen molar-refractivity contribution in [2.24, 2.45) is 11.8 Å². The van der Waals surface area contributed by atoms with Crippen molar-refractivity contribution in [2.45, 2.75) is 31.8 Å². The molecule has 104 valence electrons. The van der Waals surface area contributed by atoms with Crippen LogP contribution in [0, 0.1) is 11.8 Å². The fourth-order valence-corrected chi connectivity index (χ4v) is 5.44. The summed E-state index contributed by atoms with van der Waals surface area (Å²) >= 11 is 0. The van der Waals surface area contributed by atoms with Crippen molar-refractivity contribution >= 4 is 9.84 Å². The van der Waals surface area contributed by atoms with E-state index in [0.717, 1.165) is 31.0 Å². The van der Waals surface area contributed by atoms with Crippen LogP contribution in [0.3, 0.4) is 0 Å². The summed E-state index contributed by atoms with van der Waals surface area (Å²) in [4.78, 5) is 4.90. The Morgan fingerprint density at radius 1 is 1.17 bits per heavy atom. The minimum absolute atomic E-state index is 0.359. The van der Waals surface area contributed by atoms with Crippen LogP contribution in [0.4, 0.5) is 0 Å². The van der Waals surface area contributed by atoms with Crippen LogP contribution in [0.15, 0.2) is 0 Å². The maximum atomic E-state index is 11.5. The molecule has 0 amide bonds. The summed E-state index contributed by atoms with van der Waals surface area (Å²) in [5.41, 5.74) is 0. The van der Waals surface area contributed by atoms with E-state index in [-0.39, 0.29) is 0 Å². The molecule has 4 atom stereocenters. The molecule has 0 aromatic heterocycles. The first kappa shape index (κ1) is 12.9. The van der Waals surface area contributed by atoms with Crippen LogP contribution in [0.25, 0.3) is 0 Å². The predicted octanol–water partition coefficient (Wildman–Crippen LogP) is 0.446. The topological polar surface area (TPSA) is 40.6 Å². The van der Waals surface area contributed by atoms with E-state index < -0.39 is 9.84 Å². The highest BCUT2D eigenvalue weighted by molar-refractivity contribution is 7.91. The Labute approximate surface area is 110 Å². The third-order valence-electron chi connectivity index (χ3n) is 5.45. The Morgan fingerprint density at radius 3 is 2.33 bits per heavy atom. The van der Waals surface area contributed by atoms with Crippen LogP contribution in [-0.2, 0) is 9.84 Å². The highest BCUT2D eigenvalue weighted by Gasteiger charge is 2.46. The first-order valence-corrected chi connectivity index (χ1v) is 8.93. The second-order valence-electron chi connectivity index (χ2n) is 6.42. The van der Waals surface area contributed by atoms with Gasteiger partial charge in [0.2, 0.25) is 0 Å². The molecule has 3 aliphatic rings. The van der Waals surface area contributed by atoms with Gasteiger partial charge < -0.3 is 4.90 Å². The van der Waals surface area contributed by atoms with Gasteiger partial charge in [-0.25, -0.2) is 8.42 Å². The molecule has 0 aromatic carbocycles. The Bertz CT molecular complexity index is 407. The molecule has 3 fully saturated rings. The van der Waals surface area contributed by atoms with Crippen LogP contribution in [0.1, 0.15) is 19.8 Å². The average molecular weight is 272 g/mol. The zero-order chi connectivity index (χ0) is 12.9. The van der Waals surface area contributed by atoms with Gasteiger partial charge in [-0.3, -0.25) is 4.90 Å². The van der Waals surface area contributed by atoms with E-state index in [4.69, 9.17) is 0 Å². The van der Waals surface area contributed by atoms with Crippen molar-refractivity contribution < 1.29 is 8.42 Å². The lowest BCUT2D eigenvalue weighted by Gasteiger charge is -2.40. The van der Waals surface area contributed by atoms with E-state index in [1.807, 2.05) is 0 Å². The minimum atomic E-state index is -2.74. The van der Waals surface area contributed by atoms with Gasteiger partial charge in [-0.15, -0.1) is 0 Å². The monoisotopic (exact) mass is 272 g/mol. The molecule has 2 heterocycles. The molecule has 1 aliphatic carbocycles. The molecule has 0 radical (unpaired) electrons. The molecular formula is C13H24N2O2S. The summed E-state index contributed by atoms with van der Waals surface area (Å²) in [7, 11) is -0.507. The van der Waals surface area contributed by atoms with Crippen LogP contribution < -0.4 is 0 Å². The third-order valence-corrected chi connectivity index (χ3v) is 7.05. The summed E-state index contributed by atoms with van der Waals surface area (Å²) < 4.78 is 23.0. The number of nitrogens with zero attached hydrogens (tertiary/aromatic N) is 2. The highest BCUT2D eigenvalue weighted by Crippen LogP contribution is 2.43. The molecule has 2 saturated heterocycles. The van der Waals surface area contributed by atoms with Crippen LogP contribution in [-0.4, -0.2) is 68.5 Å². The molecule has 0 spiro atoms. The van der Waals surface area contributed by atoms with Crippen molar-refractivity contribution in [3.05, 3.63) is 0 Å². The van der Waals surface area contributed by atoms with Gasteiger partial charge in [-0.2, -0.15) is 0 Å². The first-order chi connectivity index (χ1) is 8.46. The number of sulfone groups is 1. The van der Waals surface area contributed by atoms with Gasteiger partial charge in [0.1, 0.15) is 0 Å². The van der Waals surface area contributed by atoms with Gasteiger partial charge in [0.15, 0.2) is 9.84 Å². The van der Waals surface area contributed by atoms with E-state index in [9.17, 15) is 8.42 Å². The summed E-state index contributed by atoms with van der Waals surface area (Å²) in [5.74, 6) is 2.34. The molecule has 1 saturated carbocycles. The Kier molecular flexibility index (Phi) is 3.19. The van der Waals surface area contributed by atoms with Gasteiger partial charge in [0, 0.05) is 31.7 Å². The number of hydrogen-bond acceptors (Lipinski definition) is 4. The molecule has 3 unspecified atom stereocenters. The smallest absolute Gasteiger partial charge is 0.152 e. The maximum Gasteiger partial charge on any atom is 0.152 e. The van der Waals surface area contributed by atoms with Crippen molar-refractivity contribution in [2.75, 3.05) is 38.2 Å². The second-order valence-corrected chi connectivity index (χ2v) is 8.72. The Balaban J connectivity index is 1.61. The standard InChI is InChI=1S/C13H24N2O2S/c1-10(15-3-5-18(16,17)6-4-15)13-8-12-7-11(13)9-14(12)2/h10-13H,3-9H2,1-2H3/t10-,11?,12?,13?/m1/s1. The van der Waals surface area contributed by atoms with Crippen LogP contribution >= 0.6 is 0 Å². The number of likely N-dealkylation sites (tertiary alicyclic amines) is 1.